The topological polar surface area (TPSA) is 106 Å². The smallest absolute Gasteiger partial charge is 0.231 e. The van der Waals surface area contributed by atoms with Crippen molar-refractivity contribution in [1.82, 2.24) is 19.6 Å². The first kappa shape index (κ1) is 26.1. The Bertz CT molecular complexity index is 1030. The molecule has 0 amide bonds. The minimum absolute atomic E-state index is 0.118. The highest BCUT2D eigenvalue weighted by atomic mass is 35.5. The Morgan fingerprint density at radius 2 is 2.03 bits per heavy atom. The number of halogens is 1. The van der Waals surface area contributed by atoms with Crippen molar-refractivity contribution in [3.05, 3.63) is 35.0 Å². The zero-order valence-electron chi connectivity index (χ0n) is 20.5. The molecule has 1 aromatic heterocycles. The van der Waals surface area contributed by atoms with E-state index >= 15 is 0 Å². The summed E-state index contributed by atoms with van der Waals surface area (Å²) < 4.78 is 22.8. The lowest BCUT2D eigenvalue weighted by molar-refractivity contribution is 0.293. The Morgan fingerprint density at radius 3 is 2.80 bits per heavy atom. The molecule has 4 N–H and O–H groups in total. The summed E-state index contributed by atoms with van der Waals surface area (Å²) in [7, 11) is 0. The molecule has 1 aliphatic carbocycles. The Hall–Kier alpha value is -1.98. The van der Waals surface area contributed by atoms with Crippen LogP contribution in [-0.2, 0) is 17.8 Å². The first-order chi connectivity index (χ1) is 17.0. The van der Waals surface area contributed by atoms with Crippen LogP contribution >= 0.6 is 11.6 Å². The Kier molecular flexibility index (Phi) is 9.18. The second kappa shape index (κ2) is 12.3. The third-order valence-corrected chi connectivity index (χ3v) is 7.73. The van der Waals surface area contributed by atoms with Gasteiger partial charge < -0.3 is 15.5 Å². The molecule has 35 heavy (non-hydrogen) atoms. The van der Waals surface area contributed by atoms with Crippen LogP contribution in [0.2, 0.25) is 5.02 Å². The second-order valence-corrected chi connectivity index (χ2v) is 10.4. The number of rotatable bonds is 9. The summed E-state index contributed by atoms with van der Waals surface area (Å²) in [6, 6.07) is 6.57. The summed E-state index contributed by atoms with van der Waals surface area (Å²) in [6.07, 6.45) is 5.76. The largest absolute Gasteiger partial charge is 0.370 e. The van der Waals surface area contributed by atoms with Gasteiger partial charge in [0.15, 0.2) is 5.82 Å². The van der Waals surface area contributed by atoms with E-state index in [9.17, 15) is 4.21 Å². The molecule has 0 saturated heterocycles. The number of likely N-dealkylation sites (N-methyl/N-ethyl adjacent to an activating group) is 2. The Labute approximate surface area is 215 Å². The molecule has 1 saturated carbocycles. The van der Waals surface area contributed by atoms with Gasteiger partial charge in [0.05, 0.1) is 6.20 Å². The SMILES string of the molecule is CCN1CCN(CC)c2cc(Nc3ncc(Cl)c(N[C@@H]4CCCC[C@@H]4CNS(=O)O)n3)ccc2C1. The molecule has 4 rings (SSSR count). The van der Waals surface area contributed by atoms with E-state index in [1.54, 1.807) is 6.20 Å². The van der Waals surface area contributed by atoms with Crippen molar-refractivity contribution in [3.8, 4) is 0 Å². The van der Waals surface area contributed by atoms with Gasteiger partial charge >= 0.3 is 0 Å². The molecule has 2 aliphatic rings. The number of aromatic nitrogens is 2. The van der Waals surface area contributed by atoms with Gasteiger partial charge in [-0.05, 0) is 49.9 Å². The molecule has 192 valence electrons. The van der Waals surface area contributed by atoms with Crippen LogP contribution in [0.1, 0.15) is 45.1 Å². The Balaban J connectivity index is 1.50. The van der Waals surface area contributed by atoms with Crippen LogP contribution in [0.3, 0.4) is 0 Å². The molecule has 0 bridgehead atoms. The number of benzene rings is 1. The van der Waals surface area contributed by atoms with Gasteiger partial charge in [0.1, 0.15) is 5.02 Å². The van der Waals surface area contributed by atoms with Crippen molar-refractivity contribution in [2.45, 2.75) is 52.1 Å². The minimum Gasteiger partial charge on any atom is -0.370 e. The summed E-state index contributed by atoms with van der Waals surface area (Å²) >= 11 is 4.43. The van der Waals surface area contributed by atoms with E-state index in [-0.39, 0.29) is 12.0 Å². The van der Waals surface area contributed by atoms with E-state index in [4.69, 9.17) is 16.2 Å². The van der Waals surface area contributed by atoms with E-state index in [2.05, 4.69) is 67.2 Å². The van der Waals surface area contributed by atoms with Crippen molar-refractivity contribution in [3.63, 3.8) is 0 Å². The molecular weight excluding hydrogens is 486 g/mol. The molecule has 0 radical (unpaired) electrons. The highest BCUT2D eigenvalue weighted by Crippen LogP contribution is 2.31. The predicted molar refractivity (Wildman–Crippen MR) is 144 cm³/mol. The van der Waals surface area contributed by atoms with E-state index in [1.165, 1.54) is 11.3 Å². The van der Waals surface area contributed by atoms with Gasteiger partial charge in [0.2, 0.25) is 17.2 Å². The summed E-state index contributed by atoms with van der Waals surface area (Å²) in [5.74, 6) is 1.27. The van der Waals surface area contributed by atoms with Crippen LogP contribution in [0, 0.1) is 5.92 Å². The van der Waals surface area contributed by atoms with Crippen molar-refractivity contribution in [2.24, 2.45) is 5.92 Å². The van der Waals surface area contributed by atoms with Gasteiger partial charge in [-0.1, -0.05) is 37.4 Å². The van der Waals surface area contributed by atoms with Crippen LogP contribution in [0.25, 0.3) is 0 Å². The third kappa shape index (κ3) is 6.83. The van der Waals surface area contributed by atoms with Crippen molar-refractivity contribution < 1.29 is 8.76 Å². The molecule has 2 aromatic rings. The van der Waals surface area contributed by atoms with Crippen LogP contribution in [0.4, 0.5) is 23.1 Å². The van der Waals surface area contributed by atoms with Crippen LogP contribution < -0.4 is 20.3 Å². The van der Waals surface area contributed by atoms with Gasteiger partial charge in [-0.3, -0.25) is 9.45 Å². The van der Waals surface area contributed by atoms with Gasteiger partial charge in [-0.15, -0.1) is 0 Å². The van der Waals surface area contributed by atoms with E-state index < -0.39 is 11.3 Å². The molecule has 2 heterocycles. The fraction of sp³-hybridized carbons (Fsp3) is 0.583. The maximum atomic E-state index is 11.1. The average Bonchev–Trinajstić information content (AvgIpc) is 3.04. The number of fused-ring (bicyclic) bond motifs is 1. The maximum Gasteiger partial charge on any atom is 0.231 e. The number of nitrogens with zero attached hydrogens (tertiary/aromatic N) is 4. The molecule has 11 heteroatoms. The molecule has 1 aromatic carbocycles. The third-order valence-electron chi connectivity index (χ3n) is 7.04. The van der Waals surface area contributed by atoms with E-state index in [0.717, 1.165) is 64.1 Å². The number of anilines is 4. The van der Waals surface area contributed by atoms with Gasteiger partial charge in [0.25, 0.3) is 0 Å². The summed E-state index contributed by atoms with van der Waals surface area (Å²) in [5, 5.41) is 7.29. The average molecular weight is 522 g/mol. The summed E-state index contributed by atoms with van der Waals surface area (Å²) in [4.78, 5) is 14.0. The lowest BCUT2D eigenvalue weighted by Gasteiger charge is -2.32. The Morgan fingerprint density at radius 1 is 1.20 bits per heavy atom. The van der Waals surface area contributed by atoms with E-state index in [1.807, 2.05) is 0 Å². The standard InChI is InChI=1S/C24H36ClN7O2S/c1-3-31-11-12-32(4-2)22-13-19(10-9-18(22)16-31)28-24-26-15-20(25)23(30-24)29-21-8-6-5-7-17(21)14-27-35(33)34/h9-10,13,15,17,21,27H,3-8,11-12,14,16H2,1-2H3,(H,33,34)(H2,26,28,29,30)/t17-,21-/m1/s1. The van der Waals surface area contributed by atoms with Gasteiger partial charge in [-0.2, -0.15) is 4.98 Å². The highest BCUT2D eigenvalue weighted by molar-refractivity contribution is 7.77. The zero-order chi connectivity index (χ0) is 24.8. The van der Waals surface area contributed by atoms with E-state index in [0.29, 0.717) is 23.3 Å². The fourth-order valence-electron chi connectivity index (χ4n) is 5.02. The lowest BCUT2D eigenvalue weighted by Crippen LogP contribution is -2.39. The molecule has 9 nitrogen and oxygen atoms in total. The number of hydrogen-bond donors (Lipinski definition) is 4. The molecule has 3 atom stereocenters. The number of hydrogen-bond acceptors (Lipinski definition) is 7. The van der Waals surface area contributed by atoms with Crippen LogP contribution in [0.15, 0.2) is 24.4 Å². The fourth-order valence-corrected chi connectivity index (χ4v) is 5.53. The quantitative estimate of drug-likeness (QED) is 0.363. The molecular formula is C24H36ClN7O2S. The lowest BCUT2D eigenvalue weighted by atomic mass is 9.84. The highest BCUT2D eigenvalue weighted by Gasteiger charge is 2.26. The van der Waals surface area contributed by atoms with Crippen LogP contribution in [-0.4, -0.2) is 62.4 Å². The molecule has 0 spiro atoms. The zero-order valence-corrected chi connectivity index (χ0v) is 22.0. The summed E-state index contributed by atoms with van der Waals surface area (Å²) in [5.41, 5.74) is 3.52. The van der Waals surface area contributed by atoms with Gasteiger partial charge in [0, 0.05) is 50.1 Å². The first-order valence-electron chi connectivity index (χ1n) is 12.5. The van der Waals surface area contributed by atoms with Crippen molar-refractivity contribution >= 4 is 46.0 Å². The van der Waals surface area contributed by atoms with Crippen molar-refractivity contribution in [1.29, 1.82) is 0 Å². The van der Waals surface area contributed by atoms with Gasteiger partial charge in [-0.25, -0.2) is 13.9 Å². The van der Waals surface area contributed by atoms with Crippen LogP contribution in [0.5, 0.6) is 0 Å². The molecule has 1 fully saturated rings. The maximum absolute atomic E-state index is 11.1. The molecule has 1 aliphatic heterocycles. The minimum atomic E-state index is -2.01. The first-order valence-corrected chi connectivity index (χ1v) is 14.0. The molecule has 1 unspecified atom stereocenters. The summed E-state index contributed by atoms with van der Waals surface area (Å²) in [6.45, 7) is 9.89. The predicted octanol–water partition coefficient (Wildman–Crippen LogP) is 4.23. The monoisotopic (exact) mass is 521 g/mol. The normalized spacial score (nSPS) is 21.8. The second-order valence-electron chi connectivity index (χ2n) is 9.20. The van der Waals surface area contributed by atoms with Crippen molar-refractivity contribution in [2.75, 3.05) is 48.3 Å². The number of nitrogens with one attached hydrogen (secondary N) is 3.